The topological polar surface area (TPSA) is 132 Å². The molecule has 210 valence electrons. The Morgan fingerprint density at radius 2 is 1.62 bits per heavy atom. The number of nitriles is 1. The van der Waals surface area contributed by atoms with Crippen LogP contribution in [-0.2, 0) is 14.3 Å². The Kier molecular flexibility index (Phi) is 10.5. The van der Waals surface area contributed by atoms with Crippen LogP contribution in [0.4, 0.5) is 10.5 Å². The number of aryl methyl sites for hydroxylation is 3. The first-order valence-electron chi connectivity index (χ1n) is 13.0. The van der Waals surface area contributed by atoms with Crippen molar-refractivity contribution in [3.8, 4) is 11.8 Å². The van der Waals surface area contributed by atoms with Crippen LogP contribution in [0.1, 0.15) is 69.3 Å². The van der Waals surface area contributed by atoms with Gasteiger partial charge in [-0.15, -0.1) is 0 Å². The molecule has 0 aliphatic heterocycles. The van der Waals surface area contributed by atoms with Crippen molar-refractivity contribution in [2.24, 2.45) is 5.92 Å². The fourth-order valence-electron chi connectivity index (χ4n) is 4.23. The maximum Gasteiger partial charge on any atom is 0.408 e. The standard InChI is InChI=1S/C30H40N4O5/c1-9-18(2)24(33-29(38)39-30(6,7)8)28(37)34(17-16-31)25(22-15-11-14-21(5)26(22)35)27(36)32-23-19(3)12-10-13-20(23)4/h10-15,18,24-25,35H,9,17H2,1-8H3,(H,32,36)(H,33,38). The Morgan fingerprint density at radius 3 is 2.15 bits per heavy atom. The van der Waals surface area contributed by atoms with E-state index in [1.54, 1.807) is 52.8 Å². The molecule has 0 spiro atoms. The van der Waals surface area contributed by atoms with Gasteiger partial charge in [-0.05, 0) is 64.2 Å². The molecule has 0 saturated carbocycles. The van der Waals surface area contributed by atoms with E-state index in [-0.39, 0.29) is 17.2 Å². The Balaban J connectivity index is 2.63. The van der Waals surface area contributed by atoms with Crippen LogP contribution < -0.4 is 10.6 Å². The molecule has 0 aliphatic carbocycles. The second-order valence-electron chi connectivity index (χ2n) is 10.8. The lowest BCUT2D eigenvalue weighted by atomic mass is 9.94. The van der Waals surface area contributed by atoms with Crippen molar-refractivity contribution in [3.05, 3.63) is 58.7 Å². The van der Waals surface area contributed by atoms with Crippen LogP contribution in [0.15, 0.2) is 36.4 Å². The van der Waals surface area contributed by atoms with Gasteiger partial charge in [-0.25, -0.2) is 4.79 Å². The van der Waals surface area contributed by atoms with Gasteiger partial charge in [-0.1, -0.05) is 56.7 Å². The summed E-state index contributed by atoms with van der Waals surface area (Å²) >= 11 is 0. The first-order chi connectivity index (χ1) is 18.2. The second-order valence-corrected chi connectivity index (χ2v) is 10.8. The molecule has 3 atom stereocenters. The summed E-state index contributed by atoms with van der Waals surface area (Å²) in [6.07, 6.45) is -0.255. The molecule has 3 N–H and O–H groups in total. The molecule has 0 radical (unpaired) electrons. The number of phenolic OH excluding ortho intramolecular Hbond substituents is 1. The van der Waals surface area contributed by atoms with Crippen LogP contribution in [-0.4, -0.2) is 46.1 Å². The van der Waals surface area contributed by atoms with Crippen molar-refractivity contribution in [3.63, 3.8) is 0 Å². The van der Waals surface area contributed by atoms with Gasteiger partial charge in [-0.2, -0.15) is 5.26 Å². The Hall–Kier alpha value is -4.06. The number of nitrogens with zero attached hydrogens (tertiary/aromatic N) is 2. The van der Waals surface area contributed by atoms with Crippen molar-refractivity contribution in [1.29, 1.82) is 5.26 Å². The molecule has 2 aromatic rings. The van der Waals surface area contributed by atoms with Gasteiger partial charge in [0, 0.05) is 11.3 Å². The predicted molar refractivity (Wildman–Crippen MR) is 150 cm³/mol. The molecule has 3 amide bonds. The van der Waals surface area contributed by atoms with E-state index in [9.17, 15) is 24.8 Å². The van der Waals surface area contributed by atoms with E-state index in [1.165, 1.54) is 0 Å². The summed E-state index contributed by atoms with van der Waals surface area (Å²) in [6.45, 7) is 13.7. The molecule has 39 heavy (non-hydrogen) atoms. The van der Waals surface area contributed by atoms with E-state index in [1.807, 2.05) is 45.0 Å². The van der Waals surface area contributed by atoms with Crippen molar-refractivity contribution in [2.45, 2.75) is 79.5 Å². The van der Waals surface area contributed by atoms with Crippen LogP contribution in [0.3, 0.4) is 0 Å². The number of ether oxygens (including phenoxy) is 1. The zero-order chi connectivity index (χ0) is 29.5. The summed E-state index contributed by atoms with van der Waals surface area (Å²) in [6, 6.07) is 10.0. The Bertz CT molecular complexity index is 1220. The van der Waals surface area contributed by atoms with Gasteiger partial charge in [0.25, 0.3) is 5.91 Å². The number of amides is 3. The summed E-state index contributed by atoms with van der Waals surface area (Å²) < 4.78 is 5.38. The summed E-state index contributed by atoms with van der Waals surface area (Å²) in [5.74, 6) is -1.74. The summed E-state index contributed by atoms with van der Waals surface area (Å²) in [4.78, 5) is 41.8. The molecular weight excluding hydrogens is 496 g/mol. The fraction of sp³-hybridized carbons (Fsp3) is 0.467. The van der Waals surface area contributed by atoms with E-state index in [0.717, 1.165) is 16.0 Å². The Morgan fingerprint density at radius 1 is 1.05 bits per heavy atom. The molecular formula is C30H40N4O5. The van der Waals surface area contributed by atoms with Crippen molar-refractivity contribution in [1.82, 2.24) is 10.2 Å². The highest BCUT2D eigenvalue weighted by Gasteiger charge is 2.39. The lowest BCUT2D eigenvalue weighted by molar-refractivity contribution is -0.141. The number of anilines is 1. The molecule has 9 nitrogen and oxygen atoms in total. The minimum Gasteiger partial charge on any atom is -0.507 e. The normalized spacial score (nSPS) is 13.4. The minimum absolute atomic E-state index is 0.157. The summed E-state index contributed by atoms with van der Waals surface area (Å²) in [5.41, 5.74) is 2.10. The van der Waals surface area contributed by atoms with E-state index in [2.05, 4.69) is 10.6 Å². The monoisotopic (exact) mass is 536 g/mol. The van der Waals surface area contributed by atoms with Gasteiger partial charge >= 0.3 is 6.09 Å². The molecule has 0 bridgehead atoms. The number of para-hydroxylation sites is 2. The number of benzene rings is 2. The zero-order valence-corrected chi connectivity index (χ0v) is 24.1. The van der Waals surface area contributed by atoms with Gasteiger partial charge in [0.15, 0.2) is 0 Å². The molecule has 0 fully saturated rings. The smallest absolute Gasteiger partial charge is 0.408 e. The average Bonchev–Trinajstić information content (AvgIpc) is 2.85. The first kappa shape index (κ1) is 31.2. The minimum atomic E-state index is -1.36. The number of rotatable bonds is 9. The number of alkyl carbamates (subject to hydrolysis) is 1. The number of carbonyl (C=O) groups is 3. The van der Waals surface area contributed by atoms with Crippen LogP contribution in [0.25, 0.3) is 0 Å². The van der Waals surface area contributed by atoms with Gasteiger partial charge in [0.1, 0.15) is 30.0 Å². The second kappa shape index (κ2) is 13.1. The third-order valence-corrected chi connectivity index (χ3v) is 6.53. The zero-order valence-electron chi connectivity index (χ0n) is 24.1. The molecule has 3 unspecified atom stereocenters. The molecule has 0 aromatic heterocycles. The maximum atomic E-state index is 14.1. The molecule has 9 heteroatoms. The third-order valence-electron chi connectivity index (χ3n) is 6.53. The fourth-order valence-corrected chi connectivity index (χ4v) is 4.23. The first-order valence-corrected chi connectivity index (χ1v) is 13.0. The number of aromatic hydroxyl groups is 1. The number of nitrogens with one attached hydrogen (secondary N) is 2. The van der Waals surface area contributed by atoms with Gasteiger partial charge in [-0.3, -0.25) is 9.59 Å². The Labute approximate surface area is 231 Å². The average molecular weight is 537 g/mol. The van der Waals surface area contributed by atoms with Crippen molar-refractivity contribution >= 4 is 23.6 Å². The van der Waals surface area contributed by atoms with Gasteiger partial charge < -0.3 is 25.4 Å². The van der Waals surface area contributed by atoms with E-state index >= 15 is 0 Å². The lowest BCUT2D eigenvalue weighted by Crippen LogP contribution is -2.54. The molecule has 0 heterocycles. The van der Waals surface area contributed by atoms with Crippen molar-refractivity contribution in [2.75, 3.05) is 11.9 Å². The molecule has 2 aromatic carbocycles. The quantitative estimate of drug-likeness (QED) is 0.373. The van der Waals surface area contributed by atoms with Crippen LogP contribution in [0.5, 0.6) is 5.75 Å². The molecule has 2 rings (SSSR count). The highest BCUT2D eigenvalue weighted by atomic mass is 16.6. The predicted octanol–water partition coefficient (Wildman–Crippen LogP) is 5.29. The summed E-state index contributed by atoms with van der Waals surface area (Å²) in [7, 11) is 0. The number of hydrogen-bond acceptors (Lipinski definition) is 6. The van der Waals surface area contributed by atoms with Crippen LogP contribution in [0, 0.1) is 38.0 Å². The van der Waals surface area contributed by atoms with Gasteiger partial charge in [0.2, 0.25) is 5.91 Å². The highest BCUT2D eigenvalue weighted by Crippen LogP contribution is 2.34. The van der Waals surface area contributed by atoms with Crippen LogP contribution >= 0.6 is 0 Å². The van der Waals surface area contributed by atoms with E-state index in [4.69, 9.17) is 4.74 Å². The van der Waals surface area contributed by atoms with Gasteiger partial charge in [0.05, 0.1) is 6.07 Å². The largest absolute Gasteiger partial charge is 0.507 e. The number of hydrogen-bond donors (Lipinski definition) is 3. The molecule has 0 saturated heterocycles. The van der Waals surface area contributed by atoms with Crippen LogP contribution in [0.2, 0.25) is 0 Å². The maximum absolute atomic E-state index is 14.1. The highest BCUT2D eigenvalue weighted by molar-refractivity contribution is 6.00. The molecule has 0 aliphatic rings. The van der Waals surface area contributed by atoms with E-state index < -0.39 is 42.1 Å². The summed E-state index contributed by atoms with van der Waals surface area (Å²) in [5, 5.41) is 26.2. The van der Waals surface area contributed by atoms with Crippen molar-refractivity contribution < 1.29 is 24.2 Å². The number of phenols is 1. The number of carbonyl (C=O) groups excluding carboxylic acids is 3. The van der Waals surface area contributed by atoms with E-state index in [0.29, 0.717) is 17.7 Å². The lowest BCUT2D eigenvalue weighted by Gasteiger charge is -2.35. The third kappa shape index (κ3) is 7.96. The SMILES string of the molecule is CCC(C)C(NC(=O)OC(C)(C)C)C(=O)N(CC#N)C(C(=O)Nc1c(C)cccc1C)c1cccc(C)c1O.